The van der Waals surface area contributed by atoms with E-state index in [1.54, 1.807) is 49.5 Å². The zero-order valence-electron chi connectivity index (χ0n) is 18.7. The molecule has 3 aromatic carbocycles. The fraction of sp³-hybridized carbons (Fsp3) is 0.115. The number of pyridine rings is 1. The summed E-state index contributed by atoms with van der Waals surface area (Å²) in [6.07, 6.45) is 1.70. The maximum absolute atomic E-state index is 13.2. The highest BCUT2D eigenvalue weighted by Crippen LogP contribution is 2.29. The minimum atomic E-state index is -0.525. The number of rotatable bonds is 7. The molecule has 170 valence electrons. The SMILES string of the molecule is CN(C)c1ccc(C(=O)c2ccccc2C(=O)NCc2cnc3ccccc3c2)cc1[N+](=O)[O-]. The van der Waals surface area contributed by atoms with Gasteiger partial charge in [-0.15, -0.1) is 0 Å². The summed E-state index contributed by atoms with van der Waals surface area (Å²) in [6.45, 7) is 0.238. The Labute approximate surface area is 196 Å². The van der Waals surface area contributed by atoms with Crippen molar-refractivity contribution in [2.75, 3.05) is 19.0 Å². The highest BCUT2D eigenvalue weighted by Gasteiger charge is 2.22. The largest absolute Gasteiger partial charge is 0.372 e. The number of nitro groups is 1. The van der Waals surface area contributed by atoms with Gasteiger partial charge in [0.1, 0.15) is 5.69 Å². The topological polar surface area (TPSA) is 105 Å². The number of benzene rings is 3. The summed E-state index contributed by atoms with van der Waals surface area (Å²) >= 11 is 0. The molecule has 0 spiro atoms. The summed E-state index contributed by atoms with van der Waals surface area (Å²) in [5.74, 6) is -0.886. The molecule has 34 heavy (non-hydrogen) atoms. The zero-order chi connectivity index (χ0) is 24.2. The molecule has 0 radical (unpaired) electrons. The molecule has 1 amide bonds. The maximum Gasteiger partial charge on any atom is 0.293 e. The standard InChI is InChI=1S/C26H22N4O4/c1-29(2)23-12-11-19(14-24(23)30(33)34)25(31)20-8-4-5-9-21(20)26(32)28-16-17-13-18-7-3-6-10-22(18)27-15-17/h3-15H,16H2,1-2H3,(H,28,32). The lowest BCUT2D eigenvalue weighted by Crippen LogP contribution is -2.25. The van der Waals surface area contributed by atoms with Crippen LogP contribution in [0.1, 0.15) is 31.8 Å². The van der Waals surface area contributed by atoms with Gasteiger partial charge in [-0.2, -0.15) is 0 Å². The van der Waals surface area contributed by atoms with Gasteiger partial charge >= 0.3 is 0 Å². The van der Waals surface area contributed by atoms with E-state index in [1.807, 2.05) is 30.3 Å². The molecular weight excluding hydrogens is 432 g/mol. The van der Waals surface area contributed by atoms with Gasteiger partial charge in [-0.3, -0.25) is 24.7 Å². The minimum absolute atomic E-state index is 0.135. The van der Waals surface area contributed by atoms with Gasteiger partial charge in [-0.1, -0.05) is 36.4 Å². The van der Waals surface area contributed by atoms with Crippen molar-refractivity contribution in [3.8, 4) is 0 Å². The number of anilines is 1. The third kappa shape index (κ3) is 4.61. The summed E-state index contributed by atoms with van der Waals surface area (Å²) in [7, 11) is 3.38. The first-order valence-corrected chi connectivity index (χ1v) is 10.6. The summed E-state index contributed by atoms with van der Waals surface area (Å²) in [5, 5.41) is 15.3. The first kappa shape index (κ1) is 22.6. The highest BCUT2D eigenvalue weighted by atomic mass is 16.6. The summed E-state index contributed by atoms with van der Waals surface area (Å²) in [5.41, 5.74) is 2.40. The second kappa shape index (κ2) is 9.50. The van der Waals surface area contributed by atoms with Gasteiger partial charge in [0.2, 0.25) is 0 Å². The van der Waals surface area contributed by atoms with Gasteiger partial charge < -0.3 is 10.2 Å². The molecule has 0 aliphatic carbocycles. The molecule has 4 rings (SSSR count). The molecule has 8 heteroatoms. The van der Waals surface area contributed by atoms with E-state index in [2.05, 4.69) is 10.3 Å². The van der Waals surface area contributed by atoms with Crippen LogP contribution in [0.4, 0.5) is 11.4 Å². The van der Waals surface area contributed by atoms with Crippen LogP contribution in [0, 0.1) is 10.1 Å². The van der Waals surface area contributed by atoms with Gasteiger partial charge in [0.25, 0.3) is 11.6 Å². The van der Waals surface area contributed by atoms with Crippen LogP contribution in [0.25, 0.3) is 10.9 Å². The molecule has 8 nitrogen and oxygen atoms in total. The Hall–Kier alpha value is -4.59. The average Bonchev–Trinajstić information content (AvgIpc) is 2.86. The minimum Gasteiger partial charge on any atom is -0.372 e. The van der Waals surface area contributed by atoms with Gasteiger partial charge in [0.15, 0.2) is 5.78 Å². The van der Waals surface area contributed by atoms with Crippen molar-refractivity contribution in [1.82, 2.24) is 10.3 Å². The van der Waals surface area contributed by atoms with E-state index in [9.17, 15) is 19.7 Å². The molecule has 4 aromatic rings. The molecule has 0 saturated heterocycles. The fourth-order valence-corrected chi connectivity index (χ4v) is 3.71. The number of nitrogens with zero attached hydrogens (tertiary/aromatic N) is 3. The van der Waals surface area contributed by atoms with Crippen LogP contribution in [0.2, 0.25) is 0 Å². The van der Waals surface area contributed by atoms with Crippen molar-refractivity contribution < 1.29 is 14.5 Å². The summed E-state index contributed by atoms with van der Waals surface area (Å²) in [4.78, 5) is 43.2. The second-order valence-corrected chi connectivity index (χ2v) is 7.95. The van der Waals surface area contributed by atoms with Crippen molar-refractivity contribution >= 4 is 34.0 Å². The zero-order valence-corrected chi connectivity index (χ0v) is 18.7. The molecule has 1 heterocycles. The monoisotopic (exact) mass is 454 g/mol. The Kier molecular flexibility index (Phi) is 6.31. The third-order valence-corrected chi connectivity index (χ3v) is 5.43. The molecule has 0 aliphatic rings. The number of aromatic nitrogens is 1. The number of nitro benzene ring substituents is 1. The first-order valence-electron chi connectivity index (χ1n) is 10.6. The van der Waals surface area contributed by atoms with E-state index >= 15 is 0 Å². The van der Waals surface area contributed by atoms with E-state index in [0.717, 1.165) is 16.5 Å². The van der Waals surface area contributed by atoms with Crippen LogP contribution >= 0.6 is 0 Å². The van der Waals surface area contributed by atoms with Crippen molar-refractivity contribution in [2.24, 2.45) is 0 Å². The molecule has 1 aromatic heterocycles. The van der Waals surface area contributed by atoms with Gasteiger partial charge in [-0.25, -0.2) is 0 Å². The highest BCUT2D eigenvalue weighted by molar-refractivity contribution is 6.15. The molecule has 0 atom stereocenters. The van der Waals surface area contributed by atoms with E-state index in [0.29, 0.717) is 5.69 Å². The molecular formula is C26H22N4O4. The van der Waals surface area contributed by atoms with Crippen molar-refractivity contribution in [3.63, 3.8) is 0 Å². The van der Waals surface area contributed by atoms with Crippen LogP contribution < -0.4 is 10.2 Å². The molecule has 0 aliphatic heterocycles. The first-order chi connectivity index (χ1) is 16.3. The normalized spacial score (nSPS) is 10.6. The molecule has 0 saturated carbocycles. The number of nitrogens with one attached hydrogen (secondary N) is 1. The second-order valence-electron chi connectivity index (χ2n) is 7.95. The number of carbonyl (C=O) groups excluding carboxylic acids is 2. The van der Waals surface area contributed by atoms with Gasteiger partial charge in [-0.05, 0) is 35.9 Å². The fourth-order valence-electron chi connectivity index (χ4n) is 3.71. The third-order valence-electron chi connectivity index (χ3n) is 5.43. The van der Waals surface area contributed by atoms with E-state index in [4.69, 9.17) is 0 Å². The number of ketones is 1. The molecule has 1 N–H and O–H groups in total. The Morgan fingerprint density at radius 2 is 1.68 bits per heavy atom. The molecule has 0 fully saturated rings. The number of para-hydroxylation sites is 1. The van der Waals surface area contributed by atoms with Crippen molar-refractivity contribution in [3.05, 3.63) is 111 Å². The van der Waals surface area contributed by atoms with E-state index in [1.165, 1.54) is 18.2 Å². The predicted molar refractivity (Wildman–Crippen MR) is 130 cm³/mol. The van der Waals surface area contributed by atoms with Crippen LogP contribution in [0.15, 0.2) is 79.0 Å². The Morgan fingerprint density at radius 3 is 2.41 bits per heavy atom. The van der Waals surface area contributed by atoms with E-state index in [-0.39, 0.29) is 28.9 Å². The Bertz CT molecular complexity index is 1420. The van der Waals surface area contributed by atoms with Crippen molar-refractivity contribution in [1.29, 1.82) is 0 Å². The average molecular weight is 454 g/mol. The number of fused-ring (bicyclic) bond motifs is 1. The Morgan fingerprint density at radius 1 is 0.971 bits per heavy atom. The number of amides is 1. The van der Waals surface area contributed by atoms with Crippen LogP contribution in [-0.2, 0) is 6.54 Å². The lowest BCUT2D eigenvalue weighted by atomic mass is 9.97. The molecule has 0 bridgehead atoms. The quantitative estimate of drug-likeness (QED) is 0.253. The summed E-state index contributed by atoms with van der Waals surface area (Å²) < 4.78 is 0. The predicted octanol–water partition coefficient (Wildman–Crippen LogP) is 4.37. The van der Waals surface area contributed by atoms with E-state index < -0.39 is 16.6 Å². The maximum atomic E-state index is 13.2. The number of carbonyl (C=O) groups is 2. The molecule has 0 unspecified atom stereocenters. The summed E-state index contributed by atoms with van der Waals surface area (Å²) in [6, 6.07) is 20.4. The number of hydrogen-bond donors (Lipinski definition) is 1. The Balaban J connectivity index is 1.58. The van der Waals surface area contributed by atoms with Crippen LogP contribution in [0.3, 0.4) is 0 Å². The van der Waals surface area contributed by atoms with Crippen molar-refractivity contribution in [2.45, 2.75) is 6.54 Å². The van der Waals surface area contributed by atoms with Crippen LogP contribution in [0.5, 0.6) is 0 Å². The van der Waals surface area contributed by atoms with Gasteiger partial charge in [0.05, 0.1) is 16.0 Å². The smallest absolute Gasteiger partial charge is 0.293 e. The van der Waals surface area contributed by atoms with Gasteiger partial charge in [0, 0.05) is 49.4 Å². The lowest BCUT2D eigenvalue weighted by molar-refractivity contribution is -0.384. The number of hydrogen-bond acceptors (Lipinski definition) is 6. The lowest BCUT2D eigenvalue weighted by Gasteiger charge is -2.14. The van der Waals surface area contributed by atoms with Crippen LogP contribution in [-0.4, -0.2) is 35.7 Å².